The van der Waals surface area contributed by atoms with E-state index in [4.69, 9.17) is 37.0 Å². The lowest BCUT2D eigenvalue weighted by molar-refractivity contribution is -0.161. The number of esters is 4. The second-order valence-corrected chi connectivity index (χ2v) is 27.7. The van der Waals surface area contributed by atoms with E-state index in [1.165, 1.54) is 6.42 Å². The molecule has 5 unspecified atom stereocenters. The fourth-order valence-electron chi connectivity index (χ4n) is 9.41. The van der Waals surface area contributed by atoms with Crippen LogP contribution in [0.15, 0.2) is 170 Å². The van der Waals surface area contributed by atoms with Crippen molar-refractivity contribution in [3.8, 4) is 0 Å². The number of rotatable bonds is 70. The predicted octanol–water partition coefficient (Wildman–Crippen LogP) is 22.2. The van der Waals surface area contributed by atoms with Gasteiger partial charge in [-0.1, -0.05) is 262 Å². The van der Waals surface area contributed by atoms with Crippen LogP contribution in [0.2, 0.25) is 0 Å². The van der Waals surface area contributed by atoms with E-state index in [-0.39, 0.29) is 25.7 Å². The molecule has 0 fully saturated rings. The molecule has 0 aromatic heterocycles. The van der Waals surface area contributed by atoms with Gasteiger partial charge in [-0.2, -0.15) is 0 Å². The Morgan fingerprint density at radius 1 is 0.284 bits per heavy atom. The highest BCUT2D eigenvalue weighted by atomic mass is 31.2. The first kappa shape index (κ1) is 96.4. The van der Waals surface area contributed by atoms with Crippen molar-refractivity contribution in [2.24, 2.45) is 0 Å². The Hall–Kier alpha value is -5.58. The summed E-state index contributed by atoms with van der Waals surface area (Å²) in [4.78, 5) is 72.8. The number of carbonyl (C=O) groups is 4. The number of allylic oxidation sites excluding steroid dienone is 28. The van der Waals surface area contributed by atoms with Crippen LogP contribution in [-0.4, -0.2) is 96.7 Å². The molecule has 0 spiro atoms. The van der Waals surface area contributed by atoms with E-state index in [9.17, 15) is 43.2 Å². The fourth-order valence-corrected chi connectivity index (χ4v) is 11.0. The van der Waals surface area contributed by atoms with Crippen LogP contribution in [0, 0.1) is 0 Å². The van der Waals surface area contributed by atoms with Crippen LogP contribution >= 0.6 is 15.6 Å². The summed E-state index contributed by atoms with van der Waals surface area (Å²) in [6.07, 6.45) is 86.6. The van der Waals surface area contributed by atoms with E-state index in [1.807, 2.05) is 18.2 Å². The molecule has 0 radical (unpaired) electrons. The van der Waals surface area contributed by atoms with Crippen molar-refractivity contribution in [3.63, 3.8) is 0 Å². The zero-order valence-corrected chi connectivity index (χ0v) is 64.8. The van der Waals surface area contributed by atoms with Crippen LogP contribution < -0.4 is 0 Å². The molecule has 0 amide bonds. The Balaban J connectivity index is 5.44. The molecule has 0 aromatic carbocycles. The second-order valence-electron chi connectivity index (χ2n) is 24.8. The second kappa shape index (κ2) is 73.7. The average molecular weight is 1470 g/mol. The molecule has 0 aliphatic carbocycles. The van der Waals surface area contributed by atoms with Crippen molar-refractivity contribution in [2.75, 3.05) is 39.6 Å². The van der Waals surface area contributed by atoms with Gasteiger partial charge >= 0.3 is 39.5 Å². The Kier molecular flexibility index (Phi) is 69.7. The lowest BCUT2D eigenvalue weighted by Gasteiger charge is -2.21. The number of hydrogen-bond acceptors (Lipinski definition) is 15. The van der Waals surface area contributed by atoms with Gasteiger partial charge in [0.25, 0.3) is 0 Å². The van der Waals surface area contributed by atoms with Gasteiger partial charge in [0, 0.05) is 25.7 Å². The average Bonchev–Trinajstić information content (AvgIpc) is 0.926. The molecule has 17 nitrogen and oxygen atoms in total. The SMILES string of the molecule is CC/C=C\C/C=C\C/C=C\C/C=C\C/C=C\C/C=C\CCC(=O)OCC(COP(=O)(O)OCC(O)COP(=O)(O)OCC(COC(=O)CCCCCCCCC/C=C\C/C=C\C/C=C\CC)OC(=O)CCCC/C=C\C/C=C\C/C=C\C/C=C\CC)OC(=O)CCCCCCC/C=C\CCCC. The maximum atomic E-state index is 13.1. The minimum atomic E-state index is -5.00. The van der Waals surface area contributed by atoms with Crippen molar-refractivity contribution >= 4 is 39.5 Å². The lowest BCUT2D eigenvalue weighted by Crippen LogP contribution is -2.30. The first-order valence-corrected chi connectivity index (χ1v) is 41.4. The summed E-state index contributed by atoms with van der Waals surface area (Å²) < 4.78 is 68.3. The molecule has 0 saturated carbocycles. The minimum absolute atomic E-state index is 0.0284. The summed E-state index contributed by atoms with van der Waals surface area (Å²) >= 11 is 0. The van der Waals surface area contributed by atoms with Crippen LogP contribution in [0.1, 0.15) is 272 Å². The molecule has 5 atom stereocenters. The van der Waals surface area contributed by atoms with Crippen molar-refractivity contribution in [2.45, 2.75) is 290 Å². The molecular formula is C83H134O17P2. The van der Waals surface area contributed by atoms with Crippen LogP contribution in [0.4, 0.5) is 0 Å². The quantitative estimate of drug-likeness (QED) is 0.0169. The van der Waals surface area contributed by atoms with Crippen LogP contribution in [0.3, 0.4) is 0 Å². The maximum absolute atomic E-state index is 13.1. The summed E-state index contributed by atoms with van der Waals surface area (Å²) in [7, 11) is -10.0. The molecule has 0 aromatic rings. The number of carbonyl (C=O) groups excluding carboxylic acids is 4. The normalized spacial score (nSPS) is 14.9. The Labute approximate surface area is 616 Å². The molecule has 0 aliphatic rings. The van der Waals surface area contributed by atoms with Crippen molar-refractivity contribution in [1.82, 2.24) is 0 Å². The molecule has 0 rings (SSSR count). The van der Waals surface area contributed by atoms with Crippen molar-refractivity contribution in [3.05, 3.63) is 170 Å². The number of phosphoric acid groups is 2. The van der Waals surface area contributed by atoms with Crippen LogP contribution in [0.25, 0.3) is 0 Å². The summed E-state index contributed by atoms with van der Waals surface area (Å²) in [5.74, 6) is -2.36. The number of ether oxygens (including phenoxy) is 4. The van der Waals surface area contributed by atoms with Crippen LogP contribution in [-0.2, 0) is 65.4 Å². The molecule has 0 aliphatic heterocycles. The largest absolute Gasteiger partial charge is 0.472 e. The highest BCUT2D eigenvalue weighted by Crippen LogP contribution is 2.45. The molecule has 0 heterocycles. The third-order valence-electron chi connectivity index (χ3n) is 15.2. The molecule has 102 heavy (non-hydrogen) atoms. The number of unbranched alkanes of at least 4 members (excludes halogenated alkanes) is 16. The van der Waals surface area contributed by atoms with Gasteiger partial charge in [-0.25, -0.2) is 9.13 Å². The molecule has 3 N–H and O–H groups in total. The summed E-state index contributed by atoms with van der Waals surface area (Å²) in [6.45, 7) is 4.31. The third kappa shape index (κ3) is 72.8. The van der Waals surface area contributed by atoms with Gasteiger partial charge in [-0.15, -0.1) is 0 Å². The first-order chi connectivity index (χ1) is 49.7. The van der Waals surface area contributed by atoms with E-state index in [1.54, 1.807) is 0 Å². The molecule has 0 saturated heterocycles. The van der Waals surface area contributed by atoms with Gasteiger partial charge in [0.1, 0.15) is 19.3 Å². The number of hydrogen-bond donors (Lipinski definition) is 3. The molecule has 19 heteroatoms. The van der Waals surface area contributed by atoms with E-state index >= 15 is 0 Å². The highest BCUT2D eigenvalue weighted by molar-refractivity contribution is 7.47. The van der Waals surface area contributed by atoms with Crippen molar-refractivity contribution in [1.29, 1.82) is 0 Å². The molecular weight excluding hydrogens is 1330 g/mol. The predicted molar refractivity (Wildman–Crippen MR) is 417 cm³/mol. The monoisotopic (exact) mass is 1460 g/mol. The van der Waals surface area contributed by atoms with Gasteiger partial charge in [0.2, 0.25) is 0 Å². The van der Waals surface area contributed by atoms with E-state index in [0.717, 1.165) is 173 Å². The summed E-state index contributed by atoms with van der Waals surface area (Å²) in [5, 5.41) is 10.6. The van der Waals surface area contributed by atoms with Crippen molar-refractivity contribution < 1.29 is 80.2 Å². The number of aliphatic hydroxyl groups excluding tert-OH is 1. The zero-order chi connectivity index (χ0) is 74.6. The van der Waals surface area contributed by atoms with Gasteiger partial charge in [0.15, 0.2) is 12.2 Å². The van der Waals surface area contributed by atoms with E-state index < -0.39 is 97.5 Å². The Morgan fingerprint density at radius 3 is 0.873 bits per heavy atom. The van der Waals surface area contributed by atoms with Gasteiger partial charge in [0.05, 0.1) is 26.4 Å². The maximum Gasteiger partial charge on any atom is 0.472 e. The number of phosphoric ester groups is 2. The minimum Gasteiger partial charge on any atom is -0.462 e. The first-order valence-electron chi connectivity index (χ1n) is 38.4. The highest BCUT2D eigenvalue weighted by Gasteiger charge is 2.30. The molecule has 578 valence electrons. The zero-order valence-electron chi connectivity index (χ0n) is 63.0. The summed E-state index contributed by atoms with van der Waals surface area (Å²) in [5.41, 5.74) is 0. The van der Waals surface area contributed by atoms with Gasteiger partial charge in [-0.05, 0) is 154 Å². The van der Waals surface area contributed by atoms with E-state index in [2.05, 4.69) is 180 Å². The van der Waals surface area contributed by atoms with Gasteiger partial charge in [-0.3, -0.25) is 37.3 Å². The topological polar surface area (TPSA) is 237 Å². The standard InChI is InChI=1S/C83H134O17P2/c1-5-9-13-17-21-25-29-32-35-37-38-40-43-45-49-52-56-60-64-68-80(85)93-73-78(99-82(87)69-65-61-57-53-47-28-24-20-16-12-8-4)75-97-101(89,90)95-71-77(84)72-96-102(91,92)98-76-79(100-83(88)70-66-62-58-54-50-46-41-34-31-27-23-19-15-11-7-3)74-94-81(86)67-63-59-55-51-48-44-42-39-36-33-30-26-22-18-14-10-6-2/h9-11,13-15,20-27,32-36,38,40-41,45,49-50,54,56,60,77-79,84H,5-8,12,16-19,28-31,37,39,42-44,46-48,51-53,55,57-59,61-76H2,1-4H3,(H,89,90)(H,91,92)/b13-9-,14-10-,15-11-,24-20-,25-21-,26-22-,27-23-,35-32-,36-33-,40-38-,41-34-,49-45-,54-50-,60-56-. The Bertz CT molecular complexity index is 2600. The molecule has 0 bridgehead atoms. The Morgan fingerprint density at radius 2 is 0.529 bits per heavy atom. The van der Waals surface area contributed by atoms with Gasteiger partial charge < -0.3 is 33.8 Å². The lowest BCUT2D eigenvalue weighted by atomic mass is 10.1. The smallest absolute Gasteiger partial charge is 0.462 e. The number of aliphatic hydroxyl groups is 1. The van der Waals surface area contributed by atoms with E-state index in [0.29, 0.717) is 38.5 Å². The third-order valence-corrected chi connectivity index (χ3v) is 17.1. The fraction of sp³-hybridized carbons (Fsp3) is 0.614. The van der Waals surface area contributed by atoms with Crippen LogP contribution in [0.5, 0.6) is 0 Å². The summed E-state index contributed by atoms with van der Waals surface area (Å²) in [6, 6.07) is 0.